The standard InChI is InChI=1S/C28H24ClN3O3/c1-16-8-20(23-7-6-19(13-30)15-31-23)9-17(2)26(16)27-24(33)11-21(28(27)35)12-25(34)32-14-18-4-3-5-22(29)10-18/h3-10,15,21,27H,11-12,14H2,1-2H3,(H,32,34). The van der Waals surface area contributed by atoms with Crippen molar-refractivity contribution in [2.75, 3.05) is 0 Å². The van der Waals surface area contributed by atoms with Crippen molar-refractivity contribution < 1.29 is 14.4 Å². The molecule has 1 aromatic heterocycles. The molecule has 7 heteroatoms. The Balaban J connectivity index is 1.48. The number of aromatic nitrogens is 1. The number of benzene rings is 2. The van der Waals surface area contributed by atoms with Crippen molar-refractivity contribution >= 4 is 29.1 Å². The zero-order valence-corrected chi connectivity index (χ0v) is 20.2. The van der Waals surface area contributed by atoms with Crippen LogP contribution in [0.3, 0.4) is 0 Å². The molecule has 2 unspecified atom stereocenters. The largest absolute Gasteiger partial charge is 0.352 e. The zero-order valence-electron chi connectivity index (χ0n) is 19.5. The van der Waals surface area contributed by atoms with Crippen LogP contribution in [-0.2, 0) is 20.9 Å². The molecule has 0 aliphatic heterocycles. The third kappa shape index (κ3) is 5.31. The van der Waals surface area contributed by atoms with Crippen LogP contribution >= 0.6 is 11.6 Å². The minimum Gasteiger partial charge on any atom is -0.352 e. The van der Waals surface area contributed by atoms with Gasteiger partial charge in [0, 0.05) is 42.1 Å². The molecule has 1 aliphatic carbocycles. The number of pyridine rings is 1. The lowest BCUT2D eigenvalue weighted by atomic mass is 9.85. The summed E-state index contributed by atoms with van der Waals surface area (Å²) in [4.78, 5) is 43.0. The van der Waals surface area contributed by atoms with Gasteiger partial charge in [0.2, 0.25) is 5.91 Å². The Morgan fingerprint density at radius 3 is 2.51 bits per heavy atom. The fourth-order valence-corrected chi connectivity index (χ4v) is 4.90. The van der Waals surface area contributed by atoms with E-state index < -0.39 is 11.8 Å². The summed E-state index contributed by atoms with van der Waals surface area (Å²) in [6, 6.07) is 16.5. The van der Waals surface area contributed by atoms with Gasteiger partial charge >= 0.3 is 0 Å². The Hall–Kier alpha value is -3.82. The van der Waals surface area contributed by atoms with Crippen LogP contribution < -0.4 is 5.32 Å². The molecule has 0 radical (unpaired) electrons. The van der Waals surface area contributed by atoms with E-state index in [0.717, 1.165) is 22.3 Å². The molecule has 1 amide bonds. The van der Waals surface area contributed by atoms with E-state index in [-0.39, 0.29) is 30.3 Å². The van der Waals surface area contributed by atoms with Crippen LogP contribution in [0.2, 0.25) is 5.02 Å². The molecular formula is C28H24ClN3O3. The molecule has 2 aromatic carbocycles. The first-order valence-corrected chi connectivity index (χ1v) is 11.7. The fraction of sp³-hybridized carbons (Fsp3) is 0.250. The maximum absolute atomic E-state index is 13.2. The van der Waals surface area contributed by atoms with Crippen LogP contribution in [0, 0.1) is 31.1 Å². The van der Waals surface area contributed by atoms with Gasteiger partial charge in [0.15, 0.2) is 5.78 Å². The second kappa shape index (κ2) is 10.2. The second-order valence-electron chi connectivity index (χ2n) is 8.88. The number of aryl methyl sites for hydroxylation is 2. The Bertz CT molecular complexity index is 1340. The summed E-state index contributed by atoms with van der Waals surface area (Å²) >= 11 is 5.98. The molecule has 4 rings (SSSR count). The molecule has 1 aliphatic rings. The third-order valence-electron chi connectivity index (χ3n) is 6.34. The van der Waals surface area contributed by atoms with Crippen molar-refractivity contribution in [1.29, 1.82) is 5.26 Å². The van der Waals surface area contributed by atoms with E-state index in [2.05, 4.69) is 10.3 Å². The van der Waals surface area contributed by atoms with Gasteiger partial charge in [-0.25, -0.2) is 0 Å². The highest BCUT2D eigenvalue weighted by molar-refractivity contribution is 6.30. The number of amides is 1. The molecule has 6 nitrogen and oxygen atoms in total. The minimum atomic E-state index is -0.858. The fourth-order valence-electron chi connectivity index (χ4n) is 4.68. The number of carbonyl (C=O) groups is 3. The van der Waals surface area contributed by atoms with Crippen molar-refractivity contribution in [1.82, 2.24) is 10.3 Å². The molecule has 1 saturated carbocycles. The first-order chi connectivity index (χ1) is 16.8. The number of halogens is 1. The van der Waals surface area contributed by atoms with E-state index in [1.807, 2.05) is 38.1 Å². The molecule has 2 atom stereocenters. The highest BCUT2D eigenvalue weighted by atomic mass is 35.5. The number of hydrogen-bond donors (Lipinski definition) is 1. The number of ketones is 2. The summed E-state index contributed by atoms with van der Waals surface area (Å²) < 4.78 is 0. The molecule has 176 valence electrons. The van der Waals surface area contributed by atoms with Gasteiger partial charge in [-0.1, -0.05) is 23.7 Å². The lowest BCUT2D eigenvalue weighted by Crippen LogP contribution is -2.27. The molecule has 1 fully saturated rings. The monoisotopic (exact) mass is 485 g/mol. The molecule has 0 spiro atoms. The highest BCUT2D eigenvalue weighted by Gasteiger charge is 2.43. The second-order valence-corrected chi connectivity index (χ2v) is 9.32. The van der Waals surface area contributed by atoms with Crippen molar-refractivity contribution in [3.05, 3.63) is 87.6 Å². The Morgan fingerprint density at radius 2 is 1.89 bits per heavy atom. The summed E-state index contributed by atoms with van der Waals surface area (Å²) in [6.07, 6.45) is 1.55. The number of Topliss-reactive ketones (excluding diaryl/α,β-unsaturated/α-hetero) is 2. The van der Waals surface area contributed by atoms with E-state index in [1.165, 1.54) is 6.20 Å². The van der Waals surface area contributed by atoms with Crippen molar-refractivity contribution in [2.45, 2.75) is 39.2 Å². The molecule has 35 heavy (non-hydrogen) atoms. The Kier molecular flexibility index (Phi) is 7.09. The molecule has 1 N–H and O–H groups in total. The lowest BCUT2D eigenvalue weighted by molar-refractivity contribution is -0.128. The van der Waals surface area contributed by atoms with Crippen LogP contribution in [0.5, 0.6) is 0 Å². The summed E-state index contributed by atoms with van der Waals surface area (Å²) in [5.41, 5.74) is 5.25. The van der Waals surface area contributed by atoms with Gasteiger partial charge in [0.1, 0.15) is 17.8 Å². The van der Waals surface area contributed by atoms with E-state index in [1.54, 1.807) is 30.3 Å². The van der Waals surface area contributed by atoms with Gasteiger partial charge < -0.3 is 5.32 Å². The quantitative estimate of drug-likeness (QED) is 0.503. The normalized spacial score (nSPS) is 17.3. The van der Waals surface area contributed by atoms with Crippen LogP contribution in [0.1, 0.15) is 46.6 Å². The van der Waals surface area contributed by atoms with Gasteiger partial charge in [-0.05, 0) is 72.5 Å². The van der Waals surface area contributed by atoms with Gasteiger partial charge in [0.25, 0.3) is 0 Å². The first kappa shape index (κ1) is 24.3. The van der Waals surface area contributed by atoms with E-state index >= 15 is 0 Å². The summed E-state index contributed by atoms with van der Waals surface area (Å²) in [6.45, 7) is 4.06. The maximum Gasteiger partial charge on any atom is 0.221 e. The van der Waals surface area contributed by atoms with Crippen LogP contribution in [0.15, 0.2) is 54.7 Å². The van der Waals surface area contributed by atoms with Gasteiger partial charge in [0.05, 0.1) is 11.3 Å². The average Bonchev–Trinajstić information content (AvgIpc) is 3.10. The molecular weight excluding hydrogens is 462 g/mol. The van der Waals surface area contributed by atoms with Gasteiger partial charge in [-0.3, -0.25) is 19.4 Å². The molecule has 3 aromatic rings. The summed E-state index contributed by atoms with van der Waals surface area (Å²) in [7, 11) is 0. The number of carbonyl (C=O) groups excluding carboxylic acids is 3. The first-order valence-electron chi connectivity index (χ1n) is 11.3. The van der Waals surface area contributed by atoms with Gasteiger partial charge in [-0.15, -0.1) is 0 Å². The SMILES string of the molecule is Cc1cc(-c2ccc(C#N)cn2)cc(C)c1C1C(=O)CC(CC(=O)NCc2cccc(Cl)c2)C1=O. The number of nitriles is 1. The van der Waals surface area contributed by atoms with Crippen LogP contribution in [0.25, 0.3) is 11.3 Å². The summed E-state index contributed by atoms with van der Waals surface area (Å²) in [5, 5.41) is 12.4. The van der Waals surface area contributed by atoms with Crippen LogP contribution in [-0.4, -0.2) is 22.5 Å². The van der Waals surface area contributed by atoms with Crippen molar-refractivity contribution in [2.24, 2.45) is 5.92 Å². The minimum absolute atomic E-state index is 0.0209. The predicted octanol–water partition coefficient (Wildman–Crippen LogP) is 4.84. The summed E-state index contributed by atoms with van der Waals surface area (Å²) in [5.74, 6) is -2.12. The maximum atomic E-state index is 13.2. The average molecular weight is 486 g/mol. The number of hydrogen-bond acceptors (Lipinski definition) is 5. The Labute approximate surface area is 209 Å². The number of nitrogens with one attached hydrogen (secondary N) is 1. The molecule has 0 saturated heterocycles. The molecule has 0 bridgehead atoms. The van der Waals surface area contributed by atoms with Gasteiger partial charge in [-0.2, -0.15) is 5.26 Å². The number of rotatable bonds is 6. The highest BCUT2D eigenvalue weighted by Crippen LogP contribution is 2.38. The smallest absolute Gasteiger partial charge is 0.221 e. The predicted molar refractivity (Wildman–Crippen MR) is 133 cm³/mol. The van der Waals surface area contributed by atoms with E-state index in [0.29, 0.717) is 28.4 Å². The van der Waals surface area contributed by atoms with Crippen LogP contribution in [0.4, 0.5) is 0 Å². The molecule has 1 heterocycles. The van der Waals surface area contributed by atoms with Crippen molar-refractivity contribution in [3.63, 3.8) is 0 Å². The number of nitrogens with zero attached hydrogens (tertiary/aromatic N) is 2. The van der Waals surface area contributed by atoms with E-state index in [9.17, 15) is 14.4 Å². The topological polar surface area (TPSA) is 99.9 Å². The lowest BCUT2D eigenvalue weighted by Gasteiger charge is -2.17. The van der Waals surface area contributed by atoms with E-state index in [4.69, 9.17) is 16.9 Å². The zero-order chi connectivity index (χ0) is 25.1. The Morgan fingerprint density at radius 1 is 1.14 bits per heavy atom. The van der Waals surface area contributed by atoms with Crippen molar-refractivity contribution in [3.8, 4) is 17.3 Å². The third-order valence-corrected chi connectivity index (χ3v) is 6.57.